The van der Waals surface area contributed by atoms with Crippen LogP contribution in [0, 0.1) is 15.0 Å². The molecule has 1 aromatic carbocycles. The fourth-order valence-corrected chi connectivity index (χ4v) is 4.07. The van der Waals surface area contributed by atoms with Crippen LogP contribution in [0.15, 0.2) is 30.3 Å². The molecule has 1 saturated heterocycles. The average Bonchev–Trinajstić information content (AvgIpc) is 3.09. The van der Waals surface area contributed by atoms with E-state index in [0.717, 1.165) is 0 Å². The third-order valence-corrected chi connectivity index (χ3v) is 5.82. The third-order valence-electron chi connectivity index (χ3n) is 5.04. The first-order chi connectivity index (χ1) is 13.0. The Kier molecular flexibility index (Phi) is 4.69. The van der Waals surface area contributed by atoms with Crippen molar-refractivity contribution in [3.05, 3.63) is 45.3 Å². The fourth-order valence-electron chi connectivity index (χ4n) is 3.44. The topological polar surface area (TPSA) is 108 Å². The summed E-state index contributed by atoms with van der Waals surface area (Å²) in [5.41, 5.74) is 6.90. The molecular weight excluding hydrogens is 460 g/mol. The quantitative estimate of drug-likeness (QED) is 0.562. The van der Waals surface area contributed by atoms with Crippen molar-refractivity contribution < 1.29 is 4.39 Å². The first kappa shape index (κ1) is 18.1. The Bertz CT molecular complexity index is 1010. The van der Waals surface area contributed by atoms with Gasteiger partial charge < -0.3 is 10.6 Å². The maximum atomic E-state index is 15.0. The number of benzene rings is 1. The largest absolute Gasteiger partial charge is 0.341 e. The Morgan fingerprint density at radius 3 is 2.63 bits per heavy atom. The first-order valence-corrected chi connectivity index (χ1v) is 9.64. The van der Waals surface area contributed by atoms with E-state index in [1.54, 1.807) is 12.1 Å². The molecule has 138 valence electrons. The van der Waals surface area contributed by atoms with Crippen LogP contribution < -0.4 is 10.6 Å². The van der Waals surface area contributed by atoms with Gasteiger partial charge in [0.15, 0.2) is 11.3 Å². The lowest BCUT2D eigenvalue weighted by atomic mass is 9.81. The van der Waals surface area contributed by atoms with E-state index in [-0.39, 0.29) is 5.69 Å². The lowest BCUT2D eigenvalue weighted by Crippen LogP contribution is -2.53. The highest BCUT2D eigenvalue weighted by atomic mass is 127. The predicted molar refractivity (Wildman–Crippen MR) is 108 cm³/mol. The lowest BCUT2D eigenvalue weighted by Gasteiger charge is -2.41. The van der Waals surface area contributed by atoms with Crippen LogP contribution in [0.25, 0.3) is 11.0 Å². The maximum absolute atomic E-state index is 15.0. The van der Waals surface area contributed by atoms with E-state index in [4.69, 9.17) is 5.73 Å². The molecule has 0 spiro atoms. The van der Waals surface area contributed by atoms with Crippen molar-refractivity contribution in [2.45, 2.75) is 24.6 Å². The molecule has 4 rings (SSSR count). The average molecular weight is 477 g/mol. The van der Waals surface area contributed by atoms with Crippen LogP contribution in [0.1, 0.15) is 30.3 Å². The Morgan fingerprint density at radius 2 is 1.96 bits per heavy atom. The van der Waals surface area contributed by atoms with E-state index in [0.29, 0.717) is 52.2 Å². The molecule has 0 radical (unpaired) electrons. The van der Waals surface area contributed by atoms with Gasteiger partial charge in [-0.1, -0.05) is 30.3 Å². The molecule has 0 aliphatic carbocycles. The zero-order valence-corrected chi connectivity index (χ0v) is 16.5. The molecule has 1 unspecified atom stereocenters. The van der Waals surface area contributed by atoms with Crippen molar-refractivity contribution in [3.63, 3.8) is 0 Å². The van der Waals surface area contributed by atoms with Crippen LogP contribution >= 0.6 is 22.6 Å². The van der Waals surface area contributed by atoms with Crippen molar-refractivity contribution in [2.75, 3.05) is 18.0 Å². The molecule has 9 heteroatoms. The summed E-state index contributed by atoms with van der Waals surface area (Å²) in [4.78, 5) is 10.8. The number of hydrogen-bond acceptors (Lipinski definition) is 6. The number of fused-ring (bicyclic) bond motifs is 1. The molecular formula is C18H17FIN7. The summed E-state index contributed by atoms with van der Waals surface area (Å²) in [6.07, 6.45) is -0.298. The van der Waals surface area contributed by atoms with Gasteiger partial charge in [0.05, 0.1) is 10.9 Å². The molecule has 3 heterocycles. The number of nitriles is 1. The number of nitrogens with zero attached hydrogens (tertiary/aromatic N) is 5. The highest BCUT2D eigenvalue weighted by molar-refractivity contribution is 14.1. The zero-order chi connectivity index (χ0) is 19.0. The summed E-state index contributed by atoms with van der Waals surface area (Å²) in [6.45, 7) is 1.04. The zero-order valence-electron chi connectivity index (χ0n) is 14.4. The Hall–Kier alpha value is -2.32. The number of nitrogens with one attached hydrogen (secondary N) is 1. The van der Waals surface area contributed by atoms with E-state index >= 15 is 4.39 Å². The fraction of sp³-hybridized carbons (Fsp3) is 0.333. The lowest BCUT2D eigenvalue weighted by molar-refractivity contribution is 0.158. The summed E-state index contributed by atoms with van der Waals surface area (Å²) in [5.74, 6) is 0.441. The van der Waals surface area contributed by atoms with Crippen LogP contribution in [0.3, 0.4) is 0 Å². The summed E-state index contributed by atoms with van der Waals surface area (Å²) in [7, 11) is 0. The van der Waals surface area contributed by atoms with Crippen LogP contribution in [0.5, 0.6) is 0 Å². The van der Waals surface area contributed by atoms with Gasteiger partial charge in [0, 0.05) is 13.1 Å². The monoisotopic (exact) mass is 477 g/mol. The van der Waals surface area contributed by atoms with Gasteiger partial charge in [-0.2, -0.15) is 15.3 Å². The van der Waals surface area contributed by atoms with E-state index in [1.807, 2.05) is 45.7 Å². The van der Waals surface area contributed by atoms with Crippen molar-refractivity contribution in [1.29, 1.82) is 5.26 Å². The summed E-state index contributed by atoms with van der Waals surface area (Å²) in [5, 5.41) is 17.0. The molecule has 1 aliphatic rings. The Morgan fingerprint density at radius 1 is 1.26 bits per heavy atom. The number of aromatic nitrogens is 4. The summed E-state index contributed by atoms with van der Waals surface area (Å²) < 4.78 is 15.7. The minimum Gasteiger partial charge on any atom is -0.341 e. The molecule has 0 bridgehead atoms. The van der Waals surface area contributed by atoms with E-state index < -0.39 is 11.7 Å². The van der Waals surface area contributed by atoms with Crippen molar-refractivity contribution in [3.8, 4) is 6.07 Å². The third kappa shape index (κ3) is 3.23. The van der Waals surface area contributed by atoms with Crippen molar-refractivity contribution in [2.24, 2.45) is 5.73 Å². The molecule has 0 amide bonds. The second kappa shape index (κ2) is 7.01. The predicted octanol–water partition coefficient (Wildman–Crippen LogP) is 2.84. The first-order valence-electron chi connectivity index (χ1n) is 8.56. The number of rotatable bonds is 3. The van der Waals surface area contributed by atoms with E-state index in [9.17, 15) is 5.26 Å². The van der Waals surface area contributed by atoms with Crippen LogP contribution in [-0.4, -0.2) is 38.8 Å². The van der Waals surface area contributed by atoms with Crippen LogP contribution in [0.4, 0.5) is 10.3 Å². The molecule has 1 aliphatic heterocycles. The number of hydrogen-bond donors (Lipinski definition) is 2. The van der Waals surface area contributed by atoms with Crippen molar-refractivity contribution >= 4 is 39.6 Å². The van der Waals surface area contributed by atoms with Crippen LogP contribution in [0.2, 0.25) is 0 Å². The normalized spacial score (nSPS) is 17.6. The molecule has 1 fully saturated rings. The number of alkyl halides is 1. The van der Waals surface area contributed by atoms with Gasteiger partial charge in [0.25, 0.3) is 0 Å². The van der Waals surface area contributed by atoms with Gasteiger partial charge in [-0.15, -0.1) is 0 Å². The second-order valence-electron chi connectivity index (χ2n) is 6.72. The van der Waals surface area contributed by atoms with Gasteiger partial charge >= 0.3 is 0 Å². The highest BCUT2D eigenvalue weighted by Gasteiger charge is 2.40. The SMILES string of the molecule is N#Cc1nc(N2CCC(N)(C(F)c3ccccc3)CC2)nc2[nH]nc(I)c12. The molecule has 3 aromatic rings. The van der Waals surface area contributed by atoms with E-state index in [2.05, 4.69) is 26.2 Å². The van der Waals surface area contributed by atoms with Gasteiger partial charge in [-0.25, -0.2) is 9.37 Å². The molecule has 0 saturated carbocycles. The summed E-state index contributed by atoms with van der Waals surface area (Å²) in [6, 6.07) is 11.1. The Balaban J connectivity index is 1.56. The van der Waals surface area contributed by atoms with Gasteiger partial charge in [-0.3, -0.25) is 5.10 Å². The highest BCUT2D eigenvalue weighted by Crippen LogP contribution is 2.36. The van der Waals surface area contributed by atoms with Gasteiger partial charge in [0.2, 0.25) is 5.95 Å². The number of halogens is 2. The molecule has 2 aromatic heterocycles. The number of nitrogens with two attached hydrogens (primary N) is 1. The van der Waals surface area contributed by atoms with Gasteiger partial charge in [-0.05, 0) is 41.0 Å². The number of piperidine rings is 1. The minimum absolute atomic E-state index is 0.283. The smallest absolute Gasteiger partial charge is 0.228 e. The molecule has 1 atom stereocenters. The van der Waals surface area contributed by atoms with E-state index in [1.165, 1.54) is 0 Å². The number of aromatic amines is 1. The second-order valence-corrected chi connectivity index (χ2v) is 7.74. The minimum atomic E-state index is -1.23. The standard InChI is InChI=1S/C18H17FIN7/c19-14(11-4-2-1-3-5-11)18(22)6-8-27(9-7-18)17-23-12(10-21)13-15(20)25-26-16(13)24-17/h1-5,14H,6-9,22H2,(H,23,24,25,26). The molecule has 7 nitrogen and oxygen atoms in total. The Labute approximate surface area is 168 Å². The summed E-state index contributed by atoms with van der Waals surface area (Å²) >= 11 is 2.04. The maximum Gasteiger partial charge on any atom is 0.228 e. The molecule has 27 heavy (non-hydrogen) atoms. The van der Waals surface area contributed by atoms with Crippen molar-refractivity contribution in [1.82, 2.24) is 20.2 Å². The van der Waals surface area contributed by atoms with Crippen LogP contribution in [-0.2, 0) is 0 Å². The number of anilines is 1. The van der Waals surface area contributed by atoms with Gasteiger partial charge in [0.1, 0.15) is 15.9 Å². The number of H-pyrrole nitrogens is 1. The molecule has 3 N–H and O–H groups in total.